The molecule has 0 fully saturated rings. The van der Waals surface area contributed by atoms with Gasteiger partial charge in [0.2, 0.25) is 0 Å². The molecule has 4 aromatic rings. The molecule has 0 saturated heterocycles. The van der Waals surface area contributed by atoms with Crippen molar-refractivity contribution < 1.29 is 23.4 Å². The molecule has 2 aromatic heterocycles. The second-order valence-corrected chi connectivity index (χ2v) is 9.33. The summed E-state index contributed by atoms with van der Waals surface area (Å²) in [4.78, 5) is 31.3. The zero-order chi connectivity index (χ0) is 26.6. The Kier molecular flexibility index (Phi) is 7.28. The van der Waals surface area contributed by atoms with E-state index in [9.17, 15) is 9.59 Å². The Hall–Kier alpha value is -4.37. The van der Waals surface area contributed by atoms with Crippen molar-refractivity contribution in [2.75, 3.05) is 20.3 Å². The van der Waals surface area contributed by atoms with E-state index < -0.39 is 12.0 Å². The summed E-state index contributed by atoms with van der Waals surface area (Å²) in [5.41, 5.74) is 1.55. The highest BCUT2D eigenvalue weighted by atomic mass is 32.1. The lowest BCUT2D eigenvalue weighted by molar-refractivity contribution is -0.136. The van der Waals surface area contributed by atoms with Crippen LogP contribution in [0.1, 0.15) is 31.2 Å². The fraction of sp³-hybridized carbons (Fsp3) is 0.207. The third kappa shape index (κ3) is 4.80. The van der Waals surface area contributed by atoms with E-state index in [1.165, 1.54) is 29.2 Å². The molecule has 0 unspecified atom stereocenters. The SMILES string of the molecule is CCOc1ccc([C@@H]2C(C(=O)OC)=CN=c3s/c(=C\c4ccc(-c5ccccc5)o4)c(=O)n32)cc1OCC. The van der Waals surface area contributed by atoms with Gasteiger partial charge in [-0.2, -0.15) is 0 Å². The summed E-state index contributed by atoms with van der Waals surface area (Å²) in [5, 5.41) is 0. The molecule has 1 aliphatic rings. The monoisotopic (exact) mass is 530 g/mol. The number of fused-ring (bicyclic) bond motifs is 1. The largest absolute Gasteiger partial charge is 0.490 e. The fourth-order valence-electron chi connectivity index (χ4n) is 4.30. The van der Waals surface area contributed by atoms with Gasteiger partial charge in [-0.15, -0.1) is 0 Å². The van der Waals surface area contributed by atoms with E-state index in [4.69, 9.17) is 18.6 Å². The first-order valence-electron chi connectivity index (χ1n) is 12.2. The number of hydrogen-bond donors (Lipinski definition) is 0. The van der Waals surface area contributed by atoms with Gasteiger partial charge in [0, 0.05) is 17.8 Å². The first-order valence-corrected chi connectivity index (χ1v) is 13.0. The molecule has 0 aliphatic carbocycles. The number of aromatic nitrogens is 1. The van der Waals surface area contributed by atoms with Gasteiger partial charge in [-0.1, -0.05) is 47.7 Å². The number of carbonyl (C=O) groups is 1. The molecular formula is C29H26N2O6S. The standard InChI is InChI=1S/C29H26N2O6S/c1-4-35-23-13-11-19(15-24(23)36-5-2)26-21(28(33)34-3)17-30-29-31(26)27(32)25(38-29)16-20-12-14-22(37-20)18-9-7-6-8-10-18/h6-17,26H,4-5H2,1-3H3/b25-16-/t26-/m1/s1. The van der Waals surface area contributed by atoms with Crippen LogP contribution in [0.2, 0.25) is 0 Å². The molecule has 0 N–H and O–H groups in total. The summed E-state index contributed by atoms with van der Waals surface area (Å²) >= 11 is 1.22. The Morgan fingerprint density at radius 1 is 1.05 bits per heavy atom. The van der Waals surface area contributed by atoms with Crippen LogP contribution in [-0.4, -0.2) is 30.9 Å². The molecule has 9 heteroatoms. The van der Waals surface area contributed by atoms with Crippen molar-refractivity contribution in [2.24, 2.45) is 4.99 Å². The van der Waals surface area contributed by atoms with Crippen molar-refractivity contribution in [1.29, 1.82) is 0 Å². The molecule has 1 atom stereocenters. The second kappa shape index (κ2) is 10.9. The number of thiazole rings is 1. The van der Waals surface area contributed by atoms with Gasteiger partial charge in [0.25, 0.3) is 5.56 Å². The fourth-order valence-corrected chi connectivity index (χ4v) is 5.25. The van der Waals surface area contributed by atoms with Crippen molar-refractivity contribution in [2.45, 2.75) is 19.9 Å². The van der Waals surface area contributed by atoms with Crippen LogP contribution < -0.4 is 24.4 Å². The molecule has 0 spiro atoms. The smallest absolute Gasteiger partial charge is 0.337 e. The molecule has 0 bridgehead atoms. The van der Waals surface area contributed by atoms with Crippen LogP contribution >= 0.6 is 11.3 Å². The Morgan fingerprint density at radius 3 is 2.55 bits per heavy atom. The first-order chi connectivity index (χ1) is 18.5. The van der Waals surface area contributed by atoms with E-state index in [2.05, 4.69) is 4.99 Å². The lowest BCUT2D eigenvalue weighted by Gasteiger charge is -2.23. The van der Waals surface area contributed by atoms with Crippen LogP contribution in [0.15, 0.2) is 86.6 Å². The first kappa shape index (κ1) is 25.3. The Balaban J connectivity index is 1.62. The second-order valence-electron chi connectivity index (χ2n) is 8.32. The number of furan rings is 1. The minimum atomic E-state index is -0.757. The number of methoxy groups -OCH3 is 1. The lowest BCUT2D eigenvalue weighted by atomic mass is 9.97. The third-order valence-corrected chi connectivity index (χ3v) is 6.96. The minimum absolute atomic E-state index is 0.238. The number of ether oxygens (including phenoxy) is 3. The number of hydrogen-bond acceptors (Lipinski definition) is 8. The summed E-state index contributed by atoms with van der Waals surface area (Å²) in [5.74, 6) is 1.78. The van der Waals surface area contributed by atoms with Gasteiger partial charge in [0.1, 0.15) is 11.5 Å². The zero-order valence-electron chi connectivity index (χ0n) is 21.2. The minimum Gasteiger partial charge on any atom is -0.490 e. The maximum absolute atomic E-state index is 13.7. The van der Waals surface area contributed by atoms with Gasteiger partial charge in [0.15, 0.2) is 16.3 Å². The predicted molar refractivity (Wildman–Crippen MR) is 144 cm³/mol. The van der Waals surface area contributed by atoms with Crippen LogP contribution in [0.25, 0.3) is 17.4 Å². The molecule has 1 aliphatic heterocycles. The van der Waals surface area contributed by atoms with E-state index in [-0.39, 0.29) is 11.1 Å². The average Bonchev–Trinajstić information content (AvgIpc) is 3.54. The van der Waals surface area contributed by atoms with Crippen molar-refractivity contribution >= 4 is 23.4 Å². The highest BCUT2D eigenvalue weighted by Crippen LogP contribution is 2.35. The zero-order valence-corrected chi connectivity index (χ0v) is 22.0. The van der Waals surface area contributed by atoms with E-state index in [1.54, 1.807) is 18.2 Å². The highest BCUT2D eigenvalue weighted by molar-refractivity contribution is 7.07. The van der Waals surface area contributed by atoms with Crippen molar-refractivity contribution in [3.05, 3.63) is 103 Å². The predicted octanol–water partition coefficient (Wildman–Crippen LogP) is 4.08. The summed E-state index contributed by atoms with van der Waals surface area (Å²) in [6, 6.07) is 18.0. The van der Waals surface area contributed by atoms with E-state index in [1.807, 2.05) is 62.4 Å². The van der Waals surface area contributed by atoms with Crippen molar-refractivity contribution in [3.8, 4) is 22.8 Å². The van der Waals surface area contributed by atoms with Gasteiger partial charge >= 0.3 is 5.97 Å². The average molecular weight is 531 g/mol. The molecule has 194 valence electrons. The molecule has 0 saturated carbocycles. The topological polar surface area (TPSA) is 92.3 Å². The summed E-state index contributed by atoms with van der Waals surface area (Å²) < 4.78 is 24.4. The van der Waals surface area contributed by atoms with Crippen LogP contribution in [-0.2, 0) is 9.53 Å². The van der Waals surface area contributed by atoms with Crippen molar-refractivity contribution in [1.82, 2.24) is 4.57 Å². The summed E-state index contributed by atoms with van der Waals surface area (Å²) in [6.07, 6.45) is 3.15. The maximum atomic E-state index is 13.7. The van der Waals surface area contributed by atoms with Crippen LogP contribution in [0.3, 0.4) is 0 Å². The molecule has 0 radical (unpaired) electrons. The molecule has 8 nitrogen and oxygen atoms in total. The number of benzene rings is 2. The van der Waals surface area contributed by atoms with Crippen LogP contribution in [0, 0.1) is 0 Å². The third-order valence-electron chi connectivity index (χ3n) is 5.97. The lowest BCUT2D eigenvalue weighted by Crippen LogP contribution is -2.39. The van der Waals surface area contributed by atoms with Gasteiger partial charge < -0.3 is 18.6 Å². The van der Waals surface area contributed by atoms with Gasteiger partial charge in [-0.3, -0.25) is 9.36 Å². The molecule has 0 amide bonds. The summed E-state index contributed by atoms with van der Waals surface area (Å²) in [7, 11) is 1.30. The van der Waals surface area contributed by atoms with Crippen LogP contribution in [0.5, 0.6) is 11.5 Å². The molecule has 3 heterocycles. The summed E-state index contributed by atoms with van der Waals surface area (Å²) in [6.45, 7) is 4.67. The quantitative estimate of drug-likeness (QED) is 0.319. The number of esters is 1. The number of rotatable bonds is 8. The molecular weight excluding hydrogens is 504 g/mol. The highest BCUT2D eigenvalue weighted by Gasteiger charge is 2.31. The Bertz CT molecular complexity index is 1680. The number of carbonyl (C=O) groups excluding carboxylic acids is 1. The van der Waals surface area contributed by atoms with E-state index >= 15 is 0 Å². The van der Waals surface area contributed by atoms with Gasteiger partial charge in [0.05, 0.1) is 36.5 Å². The van der Waals surface area contributed by atoms with Crippen LogP contribution in [0.4, 0.5) is 0 Å². The van der Waals surface area contributed by atoms with Crippen molar-refractivity contribution in [3.63, 3.8) is 0 Å². The van der Waals surface area contributed by atoms with E-state index in [0.29, 0.717) is 51.1 Å². The van der Waals surface area contributed by atoms with E-state index in [0.717, 1.165) is 5.56 Å². The van der Waals surface area contributed by atoms with Gasteiger partial charge in [-0.25, -0.2) is 9.79 Å². The molecule has 5 rings (SSSR count). The number of nitrogens with zero attached hydrogens (tertiary/aromatic N) is 2. The van der Waals surface area contributed by atoms with Gasteiger partial charge in [-0.05, 0) is 43.7 Å². The Morgan fingerprint density at radius 2 is 1.82 bits per heavy atom. The normalized spacial score (nSPS) is 14.9. The molecule has 38 heavy (non-hydrogen) atoms. The Labute approximate surface area is 222 Å². The maximum Gasteiger partial charge on any atom is 0.337 e. The molecule has 2 aromatic carbocycles.